The number of benzene rings is 2. The Hall–Kier alpha value is -3.19. The van der Waals surface area contributed by atoms with Crippen molar-refractivity contribution in [3.05, 3.63) is 53.3 Å². The smallest absolute Gasteiger partial charge is 0.255 e. The number of imidazole rings is 1. The highest BCUT2D eigenvalue weighted by Crippen LogP contribution is 2.22. The summed E-state index contributed by atoms with van der Waals surface area (Å²) in [5.74, 6) is 0.768. The number of nitrogen functional groups attached to an aromatic ring is 1. The lowest BCUT2D eigenvalue weighted by atomic mass is 10.1. The predicted molar refractivity (Wildman–Crippen MR) is 127 cm³/mol. The highest BCUT2D eigenvalue weighted by atomic mass is 16.1. The van der Waals surface area contributed by atoms with Gasteiger partial charge in [0.2, 0.25) is 0 Å². The first kappa shape index (κ1) is 21.1. The third-order valence-electron chi connectivity index (χ3n) is 5.69. The number of amides is 1. The molecule has 0 bridgehead atoms. The number of aromatic nitrogens is 2. The molecule has 0 radical (unpaired) electrons. The summed E-state index contributed by atoms with van der Waals surface area (Å²) in [6.45, 7) is 8.19. The van der Waals surface area contributed by atoms with Crippen LogP contribution in [0, 0.1) is 0 Å². The Balaban J connectivity index is 1.49. The third kappa shape index (κ3) is 4.94. The van der Waals surface area contributed by atoms with Gasteiger partial charge in [0.05, 0.1) is 17.6 Å². The highest BCUT2D eigenvalue weighted by molar-refractivity contribution is 6.06. The van der Waals surface area contributed by atoms with Crippen LogP contribution >= 0.6 is 0 Å². The van der Waals surface area contributed by atoms with Gasteiger partial charge in [0, 0.05) is 40.8 Å². The Morgan fingerprint density at radius 3 is 2.94 bits per heavy atom. The minimum atomic E-state index is -0.191. The van der Waals surface area contributed by atoms with E-state index in [1.807, 2.05) is 32.0 Å². The lowest BCUT2D eigenvalue weighted by molar-refractivity contribution is 0.102. The molecule has 3 aromatic rings. The zero-order chi connectivity index (χ0) is 22.0. The second-order valence-corrected chi connectivity index (χ2v) is 8.55. The van der Waals surface area contributed by atoms with Gasteiger partial charge in [-0.25, -0.2) is 4.98 Å². The van der Waals surface area contributed by atoms with Crippen LogP contribution in [0.1, 0.15) is 55.4 Å². The van der Waals surface area contributed by atoms with Crippen LogP contribution in [0.2, 0.25) is 0 Å². The van der Waals surface area contributed by atoms with Crippen molar-refractivity contribution in [3.63, 3.8) is 0 Å². The summed E-state index contributed by atoms with van der Waals surface area (Å²) in [5.41, 5.74) is 10.4. The van der Waals surface area contributed by atoms with Crippen molar-refractivity contribution < 1.29 is 4.79 Å². The molecule has 1 unspecified atom stereocenters. The number of nitrogens with two attached hydrogens (primary N) is 1. The molecule has 1 saturated heterocycles. The molecular formula is C24H30N6O. The van der Waals surface area contributed by atoms with E-state index in [1.165, 1.54) is 12.8 Å². The molecule has 2 aromatic carbocycles. The molecule has 162 valence electrons. The molecule has 4 rings (SSSR count). The van der Waals surface area contributed by atoms with Crippen molar-refractivity contribution >= 4 is 34.5 Å². The molecule has 2 heterocycles. The molecule has 1 aromatic heterocycles. The Bertz CT molecular complexity index is 1120. The fourth-order valence-electron chi connectivity index (χ4n) is 3.90. The predicted octanol–water partition coefficient (Wildman–Crippen LogP) is 4.21. The highest BCUT2D eigenvalue weighted by Gasteiger charge is 2.21. The summed E-state index contributed by atoms with van der Waals surface area (Å²) < 4.78 is 0. The van der Waals surface area contributed by atoms with E-state index in [-0.39, 0.29) is 11.9 Å². The van der Waals surface area contributed by atoms with Crippen molar-refractivity contribution in [2.75, 3.05) is 17.6 Å². The molecule has 1 atom stereocenters. The fourth-order valence-corrected chi connectivity index (χ4v) is 3.90. The molecule has 1 fully saturated rings. The largest absolute Gasteiger partial charge is 0.398 e. The molecule has 1 amide bonds. The number of hydrogen-bond donors (Lipinski definition) is 3. The van der Waals surface area contributed by atoms with Crippen LogP contribution in [0.4, 0.5) is 11.4 Å². The summed E-state index contributed by atoms with van der Waals surface area (Å²) >= 11 is 0. The first-order valence-corrected chi connectivity index (χ1v) is 10.9. The van der Waals surface area contributed by atoms with Gasteiger partial charge in [-0.1, -0.05) is 0 Å². The van der Waals surface area contributed by atoms with Gasteiger partial charge in [-0.2, -0.15) is 0 Å². The lowest BCUT2D eigenvalue weighted by Gasteiger charge is -2.19. The van der Waals surface area contributed by atoms with Crippen LogP contribution in [0.25, 0.3) is 11.0 Å². The van der Waals surface area contributed by atoms with E-state index in [1.54, 1.807) is 24.4 Å². The minimum Gasteiger partial charge on any atom is -0.398 e. The van der Waals surface area contributed by atoms with Gasteiger partial charge < -0.3 is 16.0 Å². The van der Waals surface area contributed by atoms with E-state index in [9.17, 15) is 4.79 Å². The Kier molecular flexibility index (Phi) is 6.04. The van der Waals surface area contributed by atoms with Gasteiger partial charge >= 0.3 is 0 Å². The van der Waals surface area contributed by atoms with Gasteiger partial charge in [-0.15, -0.1) is 0 Å². The maximum absolute atomic E-state index is 12.8. The number of rotatable bonds is 6. The first-order chi connectivity index (χ1) is 14.9. The summed E-state index contributed by atoms with van der Waals surface area (Å²) in [4.78, 5) is 27.7. The summed E-state index contributed by atoms with van der Waals surface area (Å²) in [5, 5.41) is 2.97. The van der Waals surface area contributed by atoms with Crippen LogP contribution in [-0.4, -0.2) is 45.6 Å². The molecule has 0 spiro atoms. The van der Waals surface area contributed by atoms with Crippen molar-refractivity contribution in [1.82, 2.24) is 14.9 Å². The third-order valence-corrected chi connectivity index (χ3v) is 5.69. The number of likely N-dealkylation sites (tertiary alicyclic amines) is 1. The maximum atomic E-state index is 12.8. The molecule has 31 heavy (non-hydrogen) atoms. The molecule has 1 aliphatic heterocycles. The van der Waals surface area contributed by atoms with Gasteiger partial charge in [-0.05, 0) is 76.6 Å². The molecule has 0 saturated carbocycles. The topological polar surface area (TPSA) is 99.4 Å². The minimum absolute atomic E-state index is 0.164. The zero-order valence-electron chi connectivity index (χ0n) is 18.4. The van der Waals surface area contributed by atoms with E-state index < -0.39 is 0 Å². The van der Waals surface area contributed by atoms with Crippen molar-refractivity contribution in [1.29, 1.82) is 0 Å². The van der Waals surface area contributed by atoms with E-state index in [0.29, 0.717) is 17.3 Å². The van der Waals surface area contributed by atoms with E-state index in [4.69, 9.17) is 10.7 Å². The van der Waals surface area contributed by atoms with Crippen molar-refractivity contribution in [3.8, 4) is 0 Å². The number of nitrogens with one attached hydrogen (secondary N) is 2. The molecule has 4 N–H and O–H groups in total. The normalized spacial score (nSPS) is 17.2. The van der Waals surface area contributed by atoms with Gasteiger partial charge in [0.25, 0.3) is 5.91 Å². The van der Waals surface area contributed by atoms with Crippen molar-refractivity contribution in [2.24, 2.45) is 4.99 Å². The molecule has 1 aliphatic rings. The van der Waals surface area contributed by atoms with Crippen molar-refractivity contribution in [2.45, 2.75) is 52.2 Å². The quantitative estimate of drug-likeness (QED) is 0.412. The number of aromatic amines is 1. The number of fused-ring (bicyclic) bond motifs is 1. The summed E-state index contributed by atoms with van der Waals surface area (Å²) in [6.07, 6.45) is 4.20. The second-order valence-electron chi connectivity index (χ2n) is 8.55. The van der Waals surface area contributed by atoms with E-state index in [2.05, 4.69) is 27.1 Å². The first-order valence-electron chi connectivity index (χ1n) is 10.9. The van der Waals surface area contributed by atoms with Gasteiger partial charge in [0.1, 0.15) is 5.82 Å². The zero-order valence-corrected chi connectivity index (χ0v) is 18.4. The SMILES string of the molecule is CC(C)N=Cc1cc(C(=O)Nc2ccc3nc(CN4CCCC4C)[nH]c3c2)ccc1N. The van der Waals surface area contributed by atoms with Crippen LogP contribution in [0.5, 0.6) is 0 Å². The standard InChI is InChI=1S/C24H30N6O/c1-15(2)26-13-18-11-17(6-8-20(18)25)24(31)27-19-7-9-21-22(12-19)29-23(28-21)14-30-10-4-5-16(30)3/h6-9,11-13,15-16H,4-5,10,14,25H2,1-3H3,(H,27,31)(H,28,29). The molecule has 7 heteroatoms. The molecule has 0 aliphatic carbocycles. The number of H-pyrrole nitrogens is 1. The Labute approximate surface area is 182 Å². The molecular weight excluding hydrogens is 388 g/mol. The Morgan fingerprint density at radius 2 is 2.19 bits per heavy atom. The van der Waals surface area contributed by atoms with Crippen LogP contribution in [0.3, 0.4) is 0 Å². The maximum Gasteiger partial charge on any atom is 0.255 e. The van der Waals surface area contributed by atoms with Crippen LogP contribution < -0.4 is 11.1 Å². The monoisotopic (exact) mass is 418 g/mol. The Morgan fingerprint density at radius 1 is 1.35 bits per heavy atom. The average Bonchev–Trinajstić information content (AvgIpc) is 3.32. The fraction of sp³-hybridized carbons (Fsp3) is 0.375. The second kappa shape index (κ2) is 8.89. The number of nitrogens with zero attached hydrogens (tertiary/aromatic N) is 3. The lowest BCUT2D eigenvalue weighted by Crippen LogP contribution is -2.26. The van der Waals surface area contributed by atoms with Gasteiger partial charge in [-0.3, -0.25) is 14.7 Å². The number of carbonyl (C=O) groups excluding carboxylic acids is 1. The van der Waals surface area contributed by atoms with E-state index in [0.717, 1.165) is 41.2 Å². The summed E-state index contributed by atoms with van der Waals surface area (Å²) in [7, 11) is 0. The summed E-state index contributed by atoms with van der Waals surface area (Å²) in [6, 6.07) is 11.7. The molecule has 7 nitrogen and oxygen atoms in total. The number of aliphatic imine (C=N–C) groups is 1. The average molecular weight is 419 g/mol. The van der Waals surface area contributed by atoms with E-state index >= 15 is 0 Å². The number of hydrogen-bond acceptors (Lipinski definition) is 5. The number of carbonyl (C=O) groups is 1. The number of anilines is 2. The van der Waals surface area contributed by atoms with Gasteiger partial charge in [0.15, 0.2) is 0 Å². The van der Waals surface area contributed by atoms with Crippen LogP contribution in [-0.2, 0) is 6.54 Å². The van der Waals surface area contributed by atoms with Crippen LogP contribution in [0.15, 0.2) is 41.4 Å².